The Labute approximate surface area is 116 Å². The Kier molecular flexibility index (Phi) is 4.39. The lowest BCUT2D eigenvalue weighted by molar-refractivity contribution is 0.247. The Hall–Kier alpha value is -0.470. The van der Waals surface area contributed by atoms with Crippen molar-refractivity contribution in [2.45, 2.75) is 39.5 Å². The van der Waals surface area contributed by atoms with Gasteiger partial charge in [0.05, 0.1) is 0 Å². The van der Waals surface area contributed by atoms with E-state index in [0.717, 1.165) is 6.54 Å². The molecule has 0 saturated carbocycles. The lowest BCUT2D eigenvalue weighted by Gasteiger charge is -2.31. The van der Waals surface area contributed by atoms with E-state index in [4.69, 9.17) is 0 Å². The molecule has 1 aliphatic rings. The van der Waals surface area contributed by atoms with Crippen LogP contribution in [0.5, 0.6) is 0 Å². The maximum atomic E-state index is 3.76. The van der Waals surface area contributed by atoms with Gasteiger partial charge in [-0.15, -0.1) is 0 Å². The Morgan fingerprint density at radius 3 is 2.78 bits per heavy atom. The van der Waals surface area contributed by atoms with Gasteiger partial charge in [0.25, 0.3) is 0 Å². The Morgan fingerprint density at radius 1 is 1.33 bits per heavy atom. The fourth-order valence-electron chi connectivity index (χ4n) is 2.18. The van der Waals surface area contributed by atoms with Crippen molar-refractivity contribution >= 4 is 11.8 Å². The van der Waals surface area contributed by atoms with Crippen LogP contribution in [0.1, 0.15) is 44.9 Å². The van der Waals surface area contributed by atoms with E-state index in [0.29, 0.717) is 17.4 Å². The van der Waals surface area contributed by atoms with Crippen LogP contribution >= 0.6 is 11.8 Å². The average molecular weight is 263 g/mol. The number of hydrogen-bond donors (Lipinski definition) is 1. The normalized spacial score (nSPS) is 21.4. The molecular weight excluding hydrogens is 238 g/mol. The van der Waals surface area contributed by atoms with Crippen molar-refractivity contribution in [1.29, 1.82) is 0 Å². The highest BCUT2D eigenvalue weighted by molar-refractivity contribution is 7.98. The van der Waals surface area contributed by atoms with Crippen molar-refractivity contribution in [1.82, 2.24) is 5.32 Å². The molecule has 2 heteroatoms. The van der Waals surface area contributed by atoms with Crippen LogP contribution in [0.4, 0.5) is 0 Å². The first kappa shape index (κ1) is 14.0. The van der Waals surface area contributed by atoms with Crippen molar-refractivity contribution in [3.8, 4) is 0 Å². The van der Waals surface area contributed by atoms with Crippen LogP contribution in [-0.2, 0) is 5.75 Å². The average Bonchev–Trinajstić information content (AvgIpc) is 2.34. The molecule has 0 amide bonds. The quantitative estimate of drug-likeness (QED) is 0.875. The molecule has 0 aliphatic carbocycles. The third-order valence-corrected chi connectivity index (χ3v) is 5.21. The standard InChI is InChI=1S/C16H25NS/c1-12(16(2,3)4)9-17-15-11-18-10-13-7-5-6-8-14(13)15/h5-8,12,15,17H,9-11H2,1-4H3. The van der Waals surface area contributed by atoms with Gasteiger partial charge in [-0.05, 0) is 29.0 Å². The minimum absolute atomic E-state index is 0.383. The van der Waals surface area contributed by atoms with Gasteiger partial charge < -0.3 is 5.32 Å². The Bertz CT molecular complexity index is 394. The lowest BCUT2D eigenvalue weighted by Crippen LogP contribution is -2.34. The smallest absolute Gasteiger partial charge is 0.0415 e. The lowest BCUT2D eigenvalue weighted by atomic mass is 9.82. The molecule has 0 saturated heterocycles. The predicted molar refractivity (Wildman–Crippen MR) is 82.0 cm³/mol. The highest BCUT2D eigenvalue weighted by Gasteiger charge is 2.23. The Morgan fingerprint density at radius 2 is 2.06 bits per heavy atom. The molecule has 1 aromatic carbocycles. The van der Waals surface area contributed by atoms with Crippen molar-refractivity contribution in [2.75, 3.05) is 12.3 Å². The van der Waals surface area contributed by atoms with Crippen LogP contribution in [0.3, 0.4) is 0 Å². The van der Waals surface area contributed by atoms with Crippen molar-refractivity contribution in [3.05, 3.63) is 35.4 Å². The number of benzene rings is 1. The number of rotatable bonds is 3. The number of hydrogen-bond acceptors (Lipinski definition) is 2. The first-order chi connectivity index (χ1) is 8.48. The largest absolute Gasteiger partial charge is 0.309 e. The minimum Gasteiger partial charge on any atom is -0.309 e. The number of thioether (sulfide) groups is 1. The third-order valence-electron chi connectivity index (χ3n) is 4.12. The second-order valence-electron chi connectivity index (χ2n) is 6.44. The molecule has 0 spiro atoms. The fraction of sp³-hybridized carbons (Fsp3) is 0.625. The fourth-order valence-corrected chi connectivity index (χ4v) is 3.31. The minimum atomic E-state index is 0.383. The van der Waals surface area contributed by atoms with Crippen molar-refractivity contribution in [3.63, 3.8) is 0 Å². The second kappa shape index (κ2) is 5.66. The summed E-state index contributed by atoms with van der Waals surface area (Å²) in [7, 11) is 0. The molecule has 2 unspecified atom stereocenters. The van der Waals surface area contributed by atoms with E-state index < -0.39 is 0 Å². The third kappa shape index (κ3) is 3.30. The Balaban J connectivity index is 2.00. The maximum Gasteiger partial charge on any atom is 0.0415 e. The maximum absolute atomic E-state index is 3.76. The summed E-state index contributed by atoms with van der Waals surface area (Å²) < 4.78 is 0. The van der Waals surface area contributed by atoms with E-state index in [-0.39, 0.29) is 0 Å². The number of fused-ring (bicyclic) bond motifs is 1. The van der Waals surface area contributed by atoms with Gasteiger partial charge in [-0.2, -0.15) is 11.8 Å². The van der Waals surface area contributed by atoms with E-state index in [1.54, 1.807) is 0 Å². The molecule has 18 heavy (non-hydrogen) atoms. The first-order valence-corrected chi connectivity index (χ1v) is 8.03. The zero-order chi connectivity index (χ0) is 13.2. The molecule has 0 fully saturated rings. The summed E-state index contributed by atoms with van der Waals surface area (Å²) in [5.41, 5.74) is 3.40. The van der Waals surface area contributed by atoms with Crippen LogP contribution < -0.4 is 5.32 Å². The molecule has 1 aromatic rings. The van der Waals surface area contributed by atoms with Crippen molar-refractivity contribution < 1.29 is 0 Å². The van der Waals surface area contributed by atoms with E-state index in [9.17, 15) is 0 Å². The highest BCUT2D eigenvalue weighted by atomic mass is 32.2. The van der Waals surface area contributed by atoms with Gasteiger partial charge >= 0.3 is 0 Å². The summed E-state index contributed by atoms with van der Waals surface area (Å²) in [6, 6.07) is 9.40. The first-order valence-electron chi connectivity index (χ1n) is 6.87. The summed E-state index contributed by atoms with van der Waals surface area (Å²) in [5.74, 6) is 3.06. The zero-order valence-corrected chi connectivity index (χ0v) is 12.8. The monoisotopic (exact) mass is 263 g/mol. The van der Waals surface area contributed by atoms with Gasteiger partial charge in [-0.3, -0.25) is 0 Å². The molecular formula is C16H25NS. The molecule has 0 aromatic heterocycles. The second-order valence-corrected chi connectivity index (χ2v) is 7.47. The van der Waals surface area contributed by atoms with Gasteiger partial charge in [-0.25, -0.2) is 0 Å². The predicted octanol–water partition coefficient (Wildman–Crippen LogP) is 4.25. The van der Waals surface area contributed by atoms with Crippen LogP contribution in [0.2, 0.25) is 0 Å². The number of nitrogens with one attached hydrogen (secondary N) is 1. The molecule has 1 N–H and O–H groups in total. The topological polar surface area (TPSA) is 12.0 Å². The molecule has 0 bridgehead atoms. The van der Waals surface area contributed by atoms with Crippen molar-refractivity contribution in [2.24, 2.45) is 11.3 Å². The molecule has 1 nitrogen and oxygen atoms in total. The van der Waals surface area contributed by atoms with E-state index in [2.05, 4.69) is 57.3 Å². The van der Waals surface area contributed by atoms with Crippen LogP contribution in [-0.4, -0.2) is 12.3 Å². The van der Waals surface area contributed by atoms with Gasteiger partial charge in [-0.1, -0.05) is 52.0 Å². The van der Waals surface area contributed by atoms with Crippen LogP contribution in [0.25, 0.3) is 0 Å². The van der Waals surface area contributed by atoms with Gasteiger partial charge in [0.15, 0.2) is 0 Å². The zero-order valence-electron chi connectivity index (χ0n) is 12.0. The van der Waals surface area contributed by atoms with E-state index in [1.165, 1.54) is 22.6 Å². The molecule has 2 rings (SSSR count). The summed E-state index contributed by atoms with van der Waals surface area (Å²) in [6.07, 6.45) is 0. The molecule has 1 heterocycles. The van der Waals surface area contributed by atoms with Gasteiger partial charge in [0, 0.05) is 17.5 Å². The van der Waals surface area contributed by atoms with Gasteiger partial charge in [0.1, 0.15) is 0 Å². The van der Waals surface area contributed by atoms with E-state index in [1.807, 2.05) is 11.8 Å². The molecule has 2 atom stereocenters. The molecule has 100 valence electrons. The highest BCUT2D eigenvalue weighted by Crippen LogP contribution is 2.32. The van der Waals surface area contributed by atoms with Gasteiger partial charge in [0.2, 0.25) is 0 Å². The van der Waals surface area contributed by atoms with E-state index >= 15 is 0 Å². The summed E-state index contributed by atoms with van der Waals surface area (Å²) in [5, 5.41) is 3.76. The summed E-state index contributed by atoms with van der Waals surface area (Å²) in [6.45, 7) is 10.4. The SMILES string of the molecule is CC(CNC1CSCc2ccccc21)C(C)(C)C. The molecule has 1 aliphatic heterocycles. The van der Waals surface area contributed by atoms with Crippen LogP contribution in [0, 0.1) is 11.3 Å². The van der Waals surface area contributed by atoms with Crippen LogP contribution in [0.15, 0.2) is 24.3 Å². The summed E-state index contributed by atoms with van der Waals surface area (Å²) in [4.78, 5) is 0. The summed E-state index contributed by atoms with van der Waals surface area (Å²) >= 11 is 2.04. The molecule has 0 radical (unpaired) electrons.